The summed E-state index contributed by atoms with van der Waals surface area (Å²) in [5.41, 5.74) is 4.24. The fourth-order valence-electron chi connectivity index (χ4n) is 2.18. The molecule has 1 nitrogen and oxygen atoms in total. The second kappa shape index (κ2) is 5.99. The van der Waals surface area contributed by atoms with E-state index in [0.29, 0.717) is 6.04 Å². The van der Waals surface area contributed by atoms with Gasteiger partial charge in [0.2, 0.25) is 0 Å². The summed E-state index contributed by atoms with van der Waals surface area (Å²) in [5, 5.41) is 7.82. The highest BCUT2D eigenvalue weighted by atomic mass is 32.1. The lowest BCUT2D eigenvalue weighted by Gasteiger charge is -2.18. The Hall–Kier alpha value is -1.12. The minimum atomic E-state index is 0.455. The van der Waals surface area contributed by atoms with Crippen molar-refractivity contribution in [3.63, 3.8) is 0 Å². The lowest BCUT2D eigenvalue weighted by Crippen LogP contribution is -2.18. The van der Waals surface area contributed by atoms with Gasteiger partial charge in [0, 0.05) is 6.04 Å². The monoisotopic (exact) mass is 245 g/mol. The molecule has 2 aromatic rings. The average Bonchev–Trinajstić information content (AvgIpc) is 2.85. The molecule has 0 fully saturated rings. The zero-order chi connectivity index (χ0) is 12.1. The summed E-state index contributed by atoms with van der Waals surface area (Å²) in [6.45, 7) is 2.18. The van der Waals surface area contributed by atoms with E-state index in [0.717, 1.165) is 12.8 Å². The van der Waals surface area contributed by atoms with Gasteiger partial charge in [0.05, 0.1) is 0 Å². The maximum Gasteiger partial charge on any atom is 0.0323 e. The number of rotatable bonds is 5. The van der Waals surface area contributed by atoms with Crippen molar-refractivity contribution in [2.24, 2.45) is 0 Å². The van der Waals surface area contributed by atoms with Crippen LogP contribution in [0.3, 0.4) is 0 Å². The molecule has 0 radical (unpaired) electrons. The van der Waals surface area contributed by atoms with Crippen LogP contribution >= 0.6 is 11.3 Å². The third kappa shape index (κ3) is 3.18. The van der Waals surface area contributed by atoms with Crippen LogP contribution in [0.1, 0.15) is 29.2 Å². The van der Waals surface area contributed by atoms with Crippen molar-refractivity contribution in [1.29, 1.82) is 0 Å². The highest BCUT2D eigenvalue weighted by molar-refractivity contribution is 7.07. The van der Waals surface area contributed by atoms with Gasteiger partial charge in [-0.25, -0.2) is 0 Å². The van der Waals surface area contributed by atoms with Crippen molar-refractivity contribution in [2.75, 3.05) is 7.05 Å². The quantitative estimate of drug-likeness (QED) is 0.841. The van der Waals surface area contributed by atoms with E-state index in [1.54, 1.807) is 11.3 Å². The molecule has 1 N–H and O–H groups in total. The van der Waals surface area contributed by atoms with Gasteiger partial charge in [-0.1, -0.05) is 24.3 Å². The molecule has 0 saturated heterocycles. The van der Waals surface area contributed by atoms with Gasteiger partial charge in [0.25, 0.3) is 0 Å². The van der Waals surface area contributed by atoms with Crippen molar-refractivity contribution in [3.05, 3.63) is 57.8 Å². The number of thiophene rings is 1. The topological polar surface area (TPSA) is 12.0 Å². The molecule has 0 spiro atoms. The van der Waals surface area contributed by atoms with Crippen LogP contribution in [0.15, 0.2) is 41.1 Å². The summed E-state index contributed by atoms with van der Waals surface area (Å²) in [6.07, 6.45) is 2.29. The van der Waals surface area contributed by atoms with Gasteiger partial charge >= 0.3 is 0 Å². The van der Waals surface area contributed by atoms with Crippen LogP contribution in [-0.4, -0.2) is 7.05 Å². The Labute approximate surface area is 108 Å². The predicted molar refractivity (Wildman–Crippen MR) is 75.6 cm³/mol. The standard InChI is InChI=1S/C15H19NS/c1-12-5-3-4-6-14(12)15(16-2)8-7-13-9-10-17-11-13/h3-6,9-11,15-16H,7-8H2,1-2H3. The second-order valence-corrected chi connectivity index (χ2v) is 5.15. The van der Waals surface area contributed by atoms with Crippen LogP contribution in [0.25, 0.3) is 0 Å². The second-order valence-electron chi connectivity index (χ2n) is 4.37. The first kappa shape index (κ1) is 12.3. The molecular formula is C15H19NS. The van der Waals surface area contributed by atoms with Crippen LogP contribution in [0.2, 0.25) is 0 Å². The van der Waals surface area contributed by atoms with Gasteiger partial charge in [0.15, 0.2) is 0 Å². The Bertz CT molecular complexity index is 448. The molecular weight excluding hydrogens is 226 g/mol. The Morgan fingerprint density at radius 2 is 2.06 bits per heavy atom. The molecule has 17 heavy (non-hydrogen) atoms. The van der Waals surface area contributed by atoms with Gasteiger partial charge in [-0.2, -0.15) is 11.3 Å². The van der Waals surface area contributed by atoms with Crippen molar-refractivity contribution in [1.82, 2.24) is 5.32 Å². The van der Waals surface area contributed by atoms with E-state index in [2.05, 4.69) is 53.3 Å². The van der Waals surface area contributed by atoms with E-state index >= 15 is 0 Å². The maximum absolute atomic E-state index is 3.43. The molecule has 90 valence electrons. The third-order valence-corrected chi connectivity index (χ3v) is 3.95. The summed E-state index contributed by atoms with van der Waals surface area (Å²) in [5.74, 6) is 0. The molecule has 0 aliphatic carbocycles. The van der Waals surface area contributed by atoms with E-state index in [-0.39, 0.29) is 0 Å². The van der Waals surface area contributed by atoms with Crippen LogP contribution in [0, 0.1) is 6.92 Å². The van der Waals surface area contributed by atoms with Gasteiger partial charge in [-0.15, -0.1) is 0 Å². The molecule has 0 saturated carbocycles. The Morgan fingerprint density at radius 1 is 1.24 bits per heavy atom. The van der Waals surface area contributed by atoms with E-state index in [1.165, 1.54) is 16.7 Å². The molecule has 0 amide bonds. The summed E-state index contributed by atoms with van der Waals surface area (Å²) in [6, 6.07) is 11.3. The van der Waals surface area contributed by atoms with Crippen molar-refractivity contribution in [2.45, 2.75) is 25.8 Å². The molecule has 1 atom stereocenters. The zero-order valence-corrected chi connectivity index (χ0v) is 11.3. The van der Waals surface area contributed by atoms with Gasteiger partial charge < -0.3 is 5.32 Å². The van der Waals surface area contributed by atoms with E-state index in [4.69, 9.17) is 0 Å². The molecule has 2 heteroatoms. The van der Waals surface area contributed by atoms with Gasteiger partial charge in [0.1, 0.15) is 0 Å². The number of aryl methyl sites for hydroxylation is 2. The summed E-state index contributed by atoms with van der Waals surface area (Å²) < 4.78 is 0. The first-order valence-electron chi connectivity index (χ1n) is 6.05. The van der Waals surface area contributed by atoms with Crippen molar-refractivity contribution >= 4 is 11.3 Å². The molecule has 1 unspecified atom stereocenters. The molecule has 0 aliphatic heterocycles. The zero-order valence-electron chi connectivity index (χ0n) is 10.4. The normalized spacial score (nSPS) is 12.6. The molecule has 1 aromatic heterocycles. The first-order valence-corrected chi connectivity index (χ1v) is 6.99. The smallest absolute Gasteiger partial charge is 0.0323 e. The lowest BCUT2D eigenvalue weighted by molar-refractivity contribution is 0.547. The minimum absolute atomic E-state index is 0.455. The highest BCUT2D eigenvalue weighted by Gasteiger charge is 2.11. The van der Waals surface area contributed by atoms with Crippen LogP contribution < -0.4 is 5.32 Å². The maximum atomic E-state index is 3.43. The highest BCUT2D eigenvalue weighted by Crippen LogP contribution is 2.22. The average molecular weight is 245 g/mol. The van der Waals surface area contributed by atoms with E-state index in [9.17, 15) is 0 Å². The van der Waals surface area contributed by atoms with Crippen LogP contribution in [-0.2, 0) is 6.42 Å². The number of hydrogen-bond donors (Lipinski definition) is 1. The summed E-state index contributed by atoms with van der Waals surface area (Å²) >= 11 is 1.78. The fourth-order valence-corrected chi connectivity index (χ4v) is 2.88. The molecule has 2 rings (SSSR count). The van der Waals surface area contributed by atoms with Crippen molar-refractivity contribution in [3.8, 4) is 0 Å². The minimum Gasteiger partial charge on any atom is -0.313 e. The Morgan fingerprint density at radius 3 is 2.71 bits per heavy atom. The van der Waals surface area contributed by atoms with Crippen LogP contribution in [0.4, 0.5) is 0 Å². The summed E-state index contributed by atoms with van der Waals surface area (Å²) in [7, 11) is 2.05. The van der Waals surface area contributed by atoms with Crippen molar-refractivity contribution < 1.29 is 0 Å². The van der Waals surface area contributed by atoms with E-state index < -0.39 is 0 Å². The largest absolute Gasteiger partial charge is 0.313 e. The van der Waals surface area contributed by atoms with Crippen LogP contribution in [0.5, 0.6) is 0 Å². The number of hydrogen-bond acceptors (Lipinski definition) is 2. The predicted octanol–water partition coefficient (Wildman–Crippen LogP) is 3.95. The van der Waals surface area contributed by atoms with Gasteiger partial charge in [-0.05, 0) is 60.3 Å². The fraction of sp³-hybridized carbons (Fsp3) is 0.333. The summed E-state index contributed by atoms with van der Waals surface area (Å²) in [4.78, 5) is 0. The number of benzene rings is 1. The third-order valence-electron chi connectivity index (χ3n) is 3.21. The first-order chi connectivity index (χ1) is 8.31. The Kier molecular flexibility index (Phi) is 4.35. The molecule has 0 bridgehead atoms. The number of nitrogens with one attached hydrogen (secondary N) is 1. The molecule has 0 aliphatic rings. The molecule has 1 aromatic carbocycles. The van der Waals surface area contributed by atoms with Gasteiger partial charge in [-0.3, -0.25) is 0 Å². The Balaban J connectivity index is 2.04. The lowest BCUT2D eigenvalue weighted by atomic mass is 9.96. The molecule has 1 heterocycles. The SMILES string of the molecule is CNC(CCc1ccsc1)c1ccccc1C. The van der Waals surface area contributed by atoms with E-state index in [1.807, 2.05) is 7.05 Å².